The lowest BCUT2D eigenvalue weighted by molar-refractivity contribution is 0.0701. The van der Waals surface area contributed by atoms with Gasteiger partial charge >= 0.3 is 0 Å². The minimum Gasteiger partial charge on any atom is -0.304 e. The van der Waals surface area contributed by atoms with Crippen molar-refractivity contribution in [1.29, 1.82) is 0 Å². The Kier molecular flexibility index (Phi) is 4.86. The quantitative estimate of drug-likeness (QED) is 0.647. The van der Waals surface area contributed by atoms with Crippen molar-refractivity contribution in [3.8, 4) is 0 Å². The molecule has 4 fully saturated rings. The van der Waals surface area contributed by atoms with Gasteiger partial charge in [0.2, 0.25) is 6.43 Å². The van der Waals surface area contributed by atoms with Gasteiger partial charge in [-0.05, 0) is 37.8 Å². The number of benzene rings is 1. The molecule has 1 aromatic rings. The molecule has 4 nitrogen and oxygen atoms in total. The lowest BCUT2D eigenvalue weighted by Crippen LogP contribution is -2.52. The molecule has 3 heterocycles. The van der Waals surface area contributed by atoms with Crippen LogP contribution >= 0.6 is 11.8 Å². The van der Waals surface area contributed by atoms with E-state index >= 15 is 0 Å². The van der Waals surface area contributed by atoms with E-state index in [1.807, 2.05) is 6.92 Å². The fraction of sp³-hybridized carbons (Fsp3) is 0.684. The van der Waals surface area contributed by atoms with Gasteiger partial charge in [0.15, 0.2) is 0 Å². The zero-order valence-electron chi connectivity index (χ0n) is 15.4. The highest BCUT2D eigenvalue weighted by Crippen LogP contribution is 2.59. The maximum Gasteiger partial charge on any atom is 0.241 e. The molecule has 1 aromatic carbocycles. The lowest BCUT2D eigenvalue weighted by Gasteiger charge is -2.34. The minimum absolute atomic E-state index is 0.00106. The highest BCUT2D eigenvalue weighted by molar-refractivity contribution is 8.00. The van der Waals surface area contributed by atoms with Gasteiger partial charge in [0, 0.05) is 34.7 Å². The van der Waals surface area contributed by atoms with Crippen LogP contribution in [0.4, 0.5) is 17.6 Å². The van der Waals surface area contributed by atoms with E-state index in [9.17, 15) is 17.6 Å². The number of hydrogen-bond acceptors (Lipinski definition) is 5. The summed E-state index contributed by atoms with van der Waals surface area (Å²) in [7, 11) is 0. The monoisotopic (exact) mass is 416 g/mol. The molecule has 6 unspecified atom stereocenters. The van der Waals surface area contributed by atoms with Gasteiger partial charge in [0.05, 0.1) is 18.2 Å². The molecule has 0 amide bonds. The summed E-state index contributed by atoms with van der Waals surface area (Å²) in [5.41, 5.74) is 3.39. The zero-order chi connectivity index (χ0) is 19.6. The summed E-state index contributed by atoms with van der Waals surface area (Å²) >= 11 is 1.69. The molecule has 1 aliphatic carbocycles. The highest BCUT2D eigenvalue weighted by atomic mass is 32.2. The second kappa shape index (κ2) is 7.12. The molecule has 3 saturated heterocycles. The molecule has 5 rings (SSSR count). The van der Waals surface area contributed by atoms with Crippen LogP contribution in [0.25, 0.3) is 0 Å². The first kappa shape index (κ1) is 19.1. The maximum atomic E-state index is 14.7. The minimum atomic E-state index is -2.34. The normalized spacial score (nSPS) is 43.1. The van der Waals surface area contributed by atoms with Crippen molar-refractivity contribution < 1.29 is 17.6 Å². The molecule has 9 heteroatoms. The molecule has 3 N–H and O–H groups in total. The summed E-state index contributed by atoms with van der Waals surface area (Å²) in [6.07, 6.45) is -1.49. The summed E-state index contributed by atoms with van der Waals surface area (Å²) in [6, 6.07) is 3.28. The largest absolute Gasteiger partial charge is 0.304 e. The van der Waals surface area contributed by atoms with Gasteiger partial charge < -0.3 is 5.32 Å². The van der Waals surface area contributed by atoms with Crippen molar-refractivity contribution in [3.05, 3.63) is 35.4 Å². The molecule has 3 aliphatic heterocycles. The van der Waals surface area contributed by atoms with Crippen molar-refractivity contribution in [1.82, 2.24) is 21.1 Å². The standard InChI is InChI=1S/C19H24F4N4S/c1-8-18-24-7-25-27(18)19-14(10-5-9(17(22)23)6-13(10)28-19)16(26-8)15-11(20)3-2-4-12(15)21/h2-4,8-10,13-14,16-19,24-26H,5-7H2,1H3/t8-,9+,10?,13?,14?,16?,18?,19?/m0/s1. The Labute approximate surface area is 165 Å². The van der Waals surface area contributed by atoms with Crippen molar-refractivity contribution >= 4 is 11.8 Å². The number of alkyl halides is 2. The zero-order valence-corrected chi connectivity index (χ0v) is 16.2. The van der Waals surface area contributed by atoms with Crippen LogP contribution in [0.2, 0.25) is 0 Å². The van der Waals surface area contributed by atoms with Crippen molar-refractivity contribution in [2.75, 3.05) is 6.67 Å². The molecule has 8 atom stereocenters. The number of halogens is 4. The van der Waals surface area contributed by atoms with Crippen LogP contribution in [-0.4, -0.2) is 40.9 Å². The summed E-state index contributed by atoms with van der Waals surface area (Å²) in [4.78, 5) is 0. The van der Waals surface area contributed by atoms with Gasteiger partial charge in [-0.2, -0.15) is 0 Å². The molecular formula is C19H24F4N4S. The van der Waals surface area contributed by atoms with Gasteiger partial charge in [-0.1, -0.05) is 6.07 Å². The predicted molar refractivity (Wildman–Crippen MR) is 99.3 cm³/mol. The number of nitrogens with one attached hydrogen (secondary N) is 3. The topological polar surface area (TPSA) is 39.3 Å². The van der Waals surface area contributed by atoms with E-state index < -0.39 is 30.0 Å². The van der Waals surface area contributed by atoms with E-state index in [1.165, 1.54) is 18.2 Å². The summed E-state index contributed by atoms with van der Waals surface area (Å²) < 4.78 is 56.3. The van der Waals surface area contributed by atoms with Crippen molar-refractivity contribution in [3.63, 3.8) is 0 Å². The molecule has 154 valence electrons. The maximum absolute atomic E-state index is 14.7. The van der Waals surface area contributed by atoms with Crippen molar-refractivity contribution in [2.45, 2.75) is 55.1 Å². The van der Waals surface area contributed by atoms with E-state index in [1.54, 1.807) is 11.8 Å². The van der Waals surface area contributed by atoms with E-state index in [0.717, 1.165) is 0 Å². The highest BCUT2D eigenvalue weighted by Gasteiger charge is 2.58. The SMILES string of the molecule is C[C@@H]1NC(c2c(F)cccc2F)C2C3C[C@@H](C(F)F)CC3SC2N2NCNC12. The Hall–Kier alpha value is -0.870. The van der Waals surface area contributed by atoms with Crippen LogP contribution in [0.5, 0.6) is 0 Å². The number of hydrazine groups is 1. The Balaban J connectivity index is 1.57. The molecule has 0 spiro atoms. The van der Waals surface area contributed by atoms with Gasteiger partial charge in [0.1, 0.15) is 11.6 Å². The van der Waals surface area contributed by atoms with Gasteiger partial charge in [-0.15, -0.1) is 11.8 Å². The van der Waals surface area contributed by atoms with Crippen molar-refractivity contribution in [2.24, 2.45) is 17.8 Å². The third-order valence-electron chi connectivity index (χ3n) is 6.84. The summed E-state index contributed by atoms with van der Waals surface area (Å²) in [6.45, 7) is 2.61. The van der Waals surface area contributed by atoms with E-state index in [-0.39, 0.29) is 40.2 Å². The molecule has 4 aliphatic rings. The van der Waals surface area contributed by atoms with Gasteiger partial charge in [0.25, 0.3) is 0 Å². The summed E-state index contributed by atoms with van der Waals surface area (Å²) in [5.74, 6) is -1.95. The van der Waals surface area contributed by atoms with Crippen LogP contribution in [0.15, 0.2) is 18.2 Å². The van der Waals surface area contributed by atoms with Gasteiger partial charge in [-0.3, -0.25) is 5.32 Å². The third-order valence-corrected chi connectivity index (χ3v) is 8.55. The Morgan fingerprint density at radius 1 is 1.18 bits per heavy atom. The van der Waals surface area contributed by atoms with Crippen LogP contribution < -0.4 is 16.1 Å². The van der Waals surface area contributed by atoms with Crippen LogP contribution in [-0.2, 0) is 0 Å². The lowest BCUT2D eigenvalue weighted by atomic mass is 9.80. The number of rotatable bonds is 2. The molecular weight excluding hydrogens is 392 g/mol. The summed E-state index contributed by atoms with van der Waals surface area (Å²) in [5, 5.41) is 9.03. The predicted octanol–water partition coefficient (Wildman–Crippen LogP) is 3.04. The van der Waals surface area contributed by atoms with Crippen LogP contribution in [0, 0.1) is 29.4 Å². The smallest absolute Gasteiger partial charge is 0.241 e. The molecule has 28 heavy (non-hydrogen) atoms. The Bertz CT molecular complexity index is 732. The first-order chi connectivity index (χ1) is 13.5. The molecule has 0 bridgehead atoms. The first-order valence-corrected chi connectivity index (χ1v) is 10.8. The molecule has 0 radical (unpaired) electrons. The Morgan fingerprint density at radius 3 is 2.64 bits per heavy atom. The second-order valence-electron chi connectivity index (χ2n) is 8.33. The number of fused-ring (bicyclic) bond motifs is 5. The second-order valence-corrected chi connectivity index (χ2v) is 9.69. The van der Waals surface area contributed by atoms with Crippen LogP contribution in [0.1, 0.15) is 31.4 Å². The fourth-order valence-corrected chi connectivity index (χ4v) is 7.74. The fourth-order valence-electron chi connectivity index (χ4n) is 5.66. The van der Waals surface area contributed by atoms with E-state index in [4.69, 9.17) is 0 Å². The third kappa shape index (κ3) is 2.89. The van der Waals surface area contributed by atoms with Gasteiger partial charge in [-0.25, -0.2) is 28.0 Å². The Morgan fingerprint density at radius 2 is 1.93 bits per heavy atom. The number of thioether (sulfide) groups is 1. The number of nitrogens with zero attached hydrogens (tertiary/aromatic N) is 1. The average Bonchev–Trinajstić information content (AvgIpc) is 3.32. The number of hydrogen-bond donors (Lipinski definition) is 3. The molecule has 0 aromatic heterocycles. The van der Waals surface area contributed by atoms with E-state index in [2.05, 4.69) is 21.1 Å². The first-order valence-electron chi connectivity index (χ1n) is 9.84. The average molecular weight is 416 g/mol. The molecule has 1 saturated carbocycles. The van der Waals surface area contributed by atoms with Crippen LogP contribution in [0.3, 0.4) is 0 Å². The van der Waals surface area contributed by atoms with E-state index in [0.29, 0.717) is 19.5 Å².